The van der Waals surface area contributed by atoms with E-state index < -0.39 is 17.9 Å². The number of benzene rings is 3. The van der Waals surface area contributed by atoms with Crippen molar-refractivity contribution in [1.29, 1.82) is 0 Å². The van der Waals surface area contributed by atoms with Crippen molar-refractivity contribution in [2.75, 3.05) is 62.2 Å². The van der Waals surface area contributed by atoms with Crippen molar-refractivity contribution in [3.63, 3.8) is 0 Å². The average Bonchev–Trinajstić information content (AvgIpc) is 3.62. The number of hydrogen-bond acceptors (Lipinski definition) is 8. The lowest BCUT2D eigenvalue weighted by Gasteiger charge is -2.39. The third-order valence-electron chi connectivity index (χ3n) is 9.03. The molecule has 4 aromatic rings. The summed E-state index contributed by atoms with van der Waals surface area (Å²) in [5.74, 6) is 0.754. The normalized spacial score (nSPS) is 16.8. The highest BCUT2D eigenvalue weighted by molar-refractivity contribution is 6.31. The zero-order valence-corrected chi connectivity index (χ0v) is 28.4. The molecular formula is C35H39ClFN7O5. The van der Waals surface area contributed by atoms with E-state index in [1.165, 1.54) is 48.1 Å². The Hall–Kier alpha value is -4.88. The molecule has 2 aliphatic heterocycles. The maximum Gasteiger partial charge on any atom is 0.327 e. The second-order valence-electron chi connectivity index (χ2n) is 12.1. The Morgan fingerprint density at radius 3 is 2.49 bits per heavy atom. The quantitative estimate of drug-likeness (QED) is 0.254. The lowest BCUT2D eigenvalue weighted by Crippen LogP contribution is -2.57. The average molecular weight is 692 g/mol. The van der Waals surface area contributed by atoms with E-state index in [0.29, 0.717) is 71.4 Å². The van der Waals surface area contributed by atoms with Crippen LogP contribution in [0.1, 0.15) is 38.1 Å². The molecule has 2 atom stereocenters. The first kappa shape index (κ1) is 34.0. The number of aromatic nitrogens is 2. The summed E-state index contributed by atoms with van der Waals surface area (Å²) in [4.78, 5) is 49.9. The minimum Gasteiger partial charge on any atom is -0.497 e. The molecule has 14 heteroatoms. The van der Waals surface area contributed by atoms with Gasteiger partial charge < -0.3 is 30.0 Å². The first-order chi connectivity index (χ1) is 23.7. The molecule has 2 saturated heterocycles. The minimum absolute atomic E-state index is 0.0847. The Kier molecular flexibility index (Phi) is 10.2. The SMILES string of the molecule is COc1ccc(N(C(=O)Nc2ccc(F)cc2)[C@H](C)c2nc3cc(Cl)ccc3c(=O)n2N2CCN(C(=O)C[C@@H]3CCCN3)CC2)c(OC)c1. The second kappa shape index (κ2) is 14.7. The molecule has 49 heavy (non-hydrogen) atoms. The van der Waals surface area contributed by atoms with E-state index in [4.69, 9.17) is 26.1 Å². The fourth-order valence-electron chi connectivity index (χ4n) is 6.44. The maximum atomic E-state index is 14.3. The van der Waals surface area contributed by atoms with Crippen LogP contribution in [0, 0.1) is 5.82 Å². The maximum absolute atomic E-state index is 14.3. The van der Waals surface area contributed by atoms with Gasteiger partial charge in [-0.15, -0.1) is 0 Å². The van der Waals surface area contributed by atoms with Crippen molar-refractivity contribution in [2.24, 2.45) is 0 Å². The van der Waals surface area contributed by atoms with Crippen molar-refractivity contribution < 1.29 is 23.5 Å². The van der Waals surface area contributed by atoms with Gasteiger partial charge in [0.2, 0.25) is 5.91 Å². The van der Waals surface area contributed by atoms with E-state index in [0.717, 1.165) is 19.4 Å². The second-order valence-corrected chi connectivity index (χ2v) is 12.5. The minimum atomic E-state index is -0.869. The first-order valence-corrected chi connectivity index (χ1v) is 16.6. The molecule has 6 rings (SSSR count). The van der Waals surface area contributed by atoms with Gasteiger partial charge in [0.05, 0.1) is 49.9 Å². The van der Waals surface area contributed by atoms with Crippen LogP contribution in [0.2, 0.25) is 5.02 Å². The molecule has 0 saturated carbocycles. The first-order valence-electron chi connectivity index (χ1n) is 16.2. The number of rotatable bonds is 9. The Balaban J connectivity index is 1.41. The van der Waals surface area contributed by atoms with Crippen LogP contribution in [-0.4, -0.2) is 79.5 Å². The number of methoxy groups -OCH3 is 2. The van der Waals surface area contributed by atoms with Crippen LogP contribution in [-0.2, 0) is 4.79 Å². The van der Waals surface area contributed by atoms with Gasteiger partial charge in [-0.3, -0.25) is 14.5 Å². The number of fused-ring (bicyclic) bond motifs is 1. The van der Waals surface area contributed by atoms with Crippen LogP contribution in [0.3, 0.4) is 0 Å². The predicted octanol–water partition coefficient (Wildman–Crippen LogP) is 4.93. The summed E-state index contributed by atoms with van der Waals surface area (Å²) in [5, 5.41) is 8.86. The number of anilines is 2. The van der Waals surface area contributed by atoms with Crippen LogP contribution in [0.25, 0.3) is 10.9 Å². The van der Waals surface area contributed by atoms with Crippen LogP contribution < -0.4 is 35.6 Å². The third kappa shape index (κ3) is 7.27. The summed E-state index contributed by atoms with van der Waals surface area (Å²) in [7, 11) is 3.01. The van der Waals surface area contributed by atoms with Gasteiger partial charge in [-0.2, -0.15) is 0 Å². The van der Waals surface area contributed by atoms with Gasteiger partial charge in [-0.25, -0.2) is 18.8 Å². The number of nitrogens with zero attached hydrogens (tertiary/aromatic N) is 5. The number of nitrogens with one attached hydrogen (secondary N) is 2. The van der Waals surface area contributed by atoms with Crippen molar-refractivity contribution >= 4 is 45.8 Å². The molecule has 3 amide bonds. The number of carbonyl (C=O) groups excluding carboxylic acids is 2. The molecule has 2 aliphatic rings. The molecule has 3 heterocycles. The van der Waals surface area contributed by atoms with Gasteiger partial charge >= 0.3 is 6.03 Å². The molecular weight excluding hydrogens is 653 g/mol. The van der Waals surface area contributed by atoms with Gasteiger partial charge in [0, 0.05) is 42.3 Å². The zero-order chi connectivity index (χ0) is 34.7. The van der Waals surface area contributed by atoms with E-state index >= 15 is 0 Å². The van der Waals surface area contributed by atoms with Crippen LogP contribution in [0.4, 0.5) is 20.6 Å². The number of urea groups is 1. The molecule has 0 unspecified atom stereocenters. The van der Waals surface area contributed by atoms with E-state index in [2.05, 4.69) is 10.6 Å². The number of amides is 3. The van der Waals surface area contributed by atoms with Crippen molar-refractivity contribution in [3.8, 4) is 11.5 Å². The number of carbonyl (C=O) groups is 2. The summed E-state index contributed by atoms with van der Waals surface area (Å²) in [6.45, 7) is 4.28. The molecule has 0 aliphatic carbocycles. The molecule has 0 bridgehead atoms. The standard InChI is InChI=1S/C35H39ClFN7O5/c1-22(43(30-13-11-27(48-2)21-31(30)49-3)35(47)39-25-9-7-24(37)8-10-25)33-40-29-19-23(36)6-12-28(29)34(46)44(33)42-17-15-41(16-18-42)32(45)20-26-5-4-14-38-26/h6-13,19,21-22,26,38H,4-5,14-18,20H2,1-3H3,(H,39,47)/t22-,26+/m1/s1. The van der Waals surface area contributed by atoms with Gasteiger partial charge in [-0.05, 0) is 80.9 Å². The van der Waals surface area contributed by atoms with E-state index in [1.54, 1.807) is 43.3 Å². The number of halogens is 2. The predicted molar refractivity (Wildman–Crippen MR) is 187 cm³/mol. The molecule has 0 spiro atoms. The largest absolute Gasteiger partial charge is 0.497 e. The van der Waals surface area contributed by atoms with Crippen molar-refractivity contribution in [2.45, 2.75) is 38.3 Å². The highest BCUT2D eigenvalue weighted by Gasteiger charge is 2.33. The lowest BCUT2D eigenvalue weighted by atomic mass is 10.1. The van der Waals surface area contributed by atoms with Crippen LogP contribution in [0.15, 0.2) is 65.5 Å². The Morgan fingerprint density at radius 2 is 1.82 bits per heavy atom. The Labute approximate surface area is 288 Å². The van der Waals surface area contributed by atoms with Crippen molar-refractivity contribution in [3.05, 3.63) is 87.7 Å². The Morgan fingerprint density at radius 1 is 1.06 bits per heavy atom. The van der Waals surface area contributed by atoms with E-state index in [-0.39, 0.29) is 23.3 Å². The number of hydrogen-bond donors (Lipinski definition) is 2. The summed E-state index contributed by atoms with van der Waals surface area (Å²) < 4.78 is 26.3. The summed E-state index contributed by atoms with van der Waals surface area (Å²) in [5.41, 5.74) is 0.770. The third-order valence-corrected chi connectivity index (χ3v) is 9.27. The fraction of sp³-hybridized carbons (Fsp3) is 0.371. The van der Waals surface area contributed by atoms with Crippen LogP contribution in [0.5, 0.6) is 11.5 Å². The van der Waals surface area contributed by atoms with Crippen LogP contribution >= 0.6 is 11.6 Å². The number of ether oxygens (including phenoxy) is 2. The molecule has 1 aromatic heterocycles. The highest BCUT2D eigenvalue weighted by atomic mass is 35.5. The Bertz CT molecular complexity index is 1890. The van der Waals surface area contributed by atoms with E-state index in [1.807, 2.05) is 9.91 Å². The smallest absolute Gasteiger partial charge is 0.327 e. The van der Waals surface area contributed by atoms with Gasteiger partial charge in [-0.1, -0.05) is 11.6 Å². The summed E-state index contributed by atoms with van der Waals surface area (Å²) in [6.07, 6.45) is 2.50. The molecule has 2 N–H and O–H groups in total. The molecule has 258 valence electrons. The zero-order valence-electron chi connectivity index (χ0n) is 27.6. The van der Waals surface area contributed by atoms with Gasteiger partial charge in [0.25, 0.3) is 5.56 Å². The van der Waals surface area contributed by atoms with Gasteiger partial charge in [0.15, 0.2) is 5.82 Å². The topological polar surface area (TPSA) is 121 Å². The van der Waals surface area contributed by atoms with E-state index in [9.17, 15) is 18.8 Å². The van der Waals surface area contributed by atoms with Gasteiger partial charge in [0.1, 0.15) is 17.3 Å². The number of piperazine rings is 1. The fourth-order valence-corrected chi connectivity index (χ4v) is 6.60. The summed E-state index contributed by atoms with van der Waals surface area (Å²) in [6, 6.07) is 14.1. The molecule has 12 nitrogen and oxygen atoms in total. The monoisotopic (exact) mass is 691 g/mol. The molecule has 3 aromatic carbocycles. The lowest BCUT2D eigenvalue weighted by molar-refractivity contribution is -0.132. The molecule has 2 fully saturated rings. The highest BCUT2D eigenvalue weighted by Crippen LogP contribution is 2.37. The van der Waals surface area contributed by atoms with Crippen molar-refractivity contribution in [1.82, 2.24) is 19.9 Å². The molecule has 0 radical (unpaired) electrons. The summed E-state index contributed by atoms with van der Waals surface area (Å²) >= 11 is 6.35.